The highest BCUT2D eigenvalue weighted by molar-refractivity contribution is 7.19. The normalized spacial score (nSPS) is 16.9. The van der Waals surface area contributed by atoms with Gasteiger partial charge in [-0.3, -0.25) is 0 Å². The summed E-state index contributed by atoms with van der Waals surface area (Å²) >= 11 is 3.49. The lowest BCUT2D eigenvalue weighted by Gasteiger charge is -2.34. The number of aliphatic hydroxyl groups excluding tert-OH is 2. The van der Waals surface area contributed by atoms with Gasteiger partial charge in [0, 0.05) is 48.3 Å². The van der Waals surface area contributed by atoms with Crippen LogP contribution in [0, 0.1) is 0 Å². The minimum Gasteiger partial charge on any atom is -0.384 e. The third kappa shape index (κ3) is 7.21. The van der Waals surface area contributed by atoms with E-state index in [9.17, 15) is 10.2 Å². The summed E-state index contributed by atoms with van der Waals surface area (Å²) in [5.74, 6) is 0. The molecule has 2 heterocycles. The zero-order valence-electron chi connectivity index (χ0n) is 25.4. The highest BCUT2D eigenvalue weighted by Crippen LogP contribution is 2.38. The Labute approximate surface area is 259 Å². The van der Waals surface area contributed by atoms with Crippen LogP contribution in [0.15, 0.2) is 59.7 Å². The Morgan fingerprint density at radius 1 is 0.571 bits per heavy atom. The predicted octanol–water partition coefficient (Wildman–Crippen LogP) is 8.61. The molecule has 1 fully saturated rings. The van der Waals surface area contributed by atoms with E-state index in [1.165, 1.54) is 84.6 Å². The van der Waals surface area contributed by atoms with Crippen LogP contribution in [0.1, 0.15) is 101 Å². The number of fused-ring (bicyclic) bond motifs is 2. The van der Waals surface area contributed by atoms with Crippen molar-refractivity contribution in [3.05, 3.63) is 69.7 Å². The van der Waals surface area contributed by atoms with Crippen LogP contribution in [0.5, 0.6) is 0 Å². The van der Waals surface area contributed by atoms with Gasteiger partial charge in [0.25, 0.3) is 10.0 Å². The molecule has 1 aliphatic rings. The molecule has 42 heavy (non-hydrogen) atoms. The van der Waals surface area contributed by atoms with Crippen molar-refractivity contribution in [2.24, 2.45) is 0 Å². The van der Waals surface area contributed by atoms with Gasteiger partial charge in [-0.05, 0) is 25.0 Å². The van der Waals surface area contributed by atoms with Crippen molar-refractivity contribution in [1.82, 2.24) is 0 Å². The second-order valence-electron chi connectivity index (χ2n) is 11.7. The molecule has 2 N–H and O–H groups in total. The Morgan fingerprint density at radius 2 is 0.952 bits per heavy atom. The smallest absolute Gasteiger partial charge is 0.262 e. The van der Waals surface area contributed by atoms with E-state index in [-0.39, 0.29) is 0 Å². The van der Waals surface area contributed by atoms with Gasteiger partial charge in [-0.25, -0.2) is 0 Å². The lowest BCUT2D eigenvalue weighted by atomic mass is 9.79. The van der Waals surface area contributed by atoms with E-state index in [0.717, 1.165) is 35.9 Å². The van der Waals surface area contributed by atoms with E-state index >= 15 is 0 Å². The molecule has 0 atom stereocenters. The molecule has 0 spiro atoms. The fourth-order valence-electron chi connectivity index (χ4n) is 6.07. The van der Waals surface area contributed by atoms with E-state index in [0.29, 0.717) is 11.1 Å². The average Bonchev–Trinajstić information content (AvgIpc) is 3.55. The zero-order chi connectivity index (χ0) is 29.3. The number of hydrogen-bond acceptors (Lipinski definition) is 4. The molecule has 0 radical (unpaired) electrons. The first kappa shape index (κ1) is 31.1. The number of aromatic nitrogens is 2. The fourth-order valence-corrected chi connectivity index (χ4v) is 8.37. The van der Waals surface area contributed by atoms with Crippen molar-refractivity contribution in [2.75, 3.05) is 0 Å². The first-order valence-electron chi connectivity index (χ1n) is 16.2. The highest BCUT2D eigenvalue weighted by Gasteiger charge is 2.40. The second-order valence-corrected chi connectivity index (χ2v) is 13.9. The number of rotatable bonds is 16. The van der Waals surface area contributed by atoms with Crippen LogP contribution in [0.4, 0.5) is 0 Å². The Kier molecular flexibility index (Phi) is 11.4. The summed E-state index contributed by atoms with van der Waals surface area (Å²) in [6, 6.07) is 17.1. The van der Waals surface area contributed by atoms with Gasteiger partial charge in [-0.2, -0.15) is 9.13 Å². The van der Waals surface area contributed by atoms with E-state index in [2.05, 4.69) is 71.5 Å². The van der Waals surface area contributed by atoms with Crippen LogP contribution in [-0.4, -0.2) is 22.4 Å². The lowest BCUT2D eigenvalue weighted by Crippen LogP contribution is -2.42. The highest BCUT2D eigenvalue weighted by atomic mass is 32.1. The first-order chi connectivity index (χ1) is 20.6. The van der Waals surface area contributed by atoms with Gasteiger partial charge in [-0.1, -0.05) is 112 Å². The van der Waals surface area contributed by atoms with Crippen molar-refractivity contribution >= 4 is 55.3 Å². The number of unbranched alkanes of at least 4 members (excludes halogenated alkanes) is 10. The number of hydrogen-bond donors (Lipinski definition) is 2. The van der Waals surface area contributed by atoms with Crippen LogP contribution in [-0.2, 0) is 13.1 Å². The lowest BCUT2D eigenvalue weighted by molar-refractivity contribution is -0.669. The van der Waals surface area contributed by atoms with Gasteiger partial charge >= 0.3 is 0 Å². The Morgan fingerprint density at radius 3 is 1.38 bits per heavy atom. The molecule has 1 saturated carbocycles. The van der Waals surface area contributed by atoms with Crippen LogP contribution in [0.25, 0.3) is 32.6 Å². The maximum atomic E-state index is 11.3. The van der Waals surface area contributed by atoms with Crippen molar-refractivity contribution in [2.45, 2.75) is 116 Å². The van der Waals surface area contributed by atoms with Gasteiger partial charge in [0.05, 0.1) is 0 Å². The molecule has 4 aromatic rings. The number of aryl methyl sites for hydroxylation is 2. The third-order valence-electron chi connectivity index (χ3n) is 8.59. The monoisotopic (exact) mass is 604 g/mol. The first-order valence-corrected chi connectivity index (χ1v) is 17.9. The third-order valence-corrected chi connectivity index (χ3v) is 10.8. The molecule has 0 saturated heterocycles. The summed E-state index contributed by atoms with van der Waals surface area (Å²) in [6.45, 7) is 6.44. The zero-order valence-corrected chi connectivity index (χ0v) is 27.1. The summed E-state index contributed by atoms with van der Waals surface area (Å²) in [5, 5.41) is 24.8. The van der Waals surface area contributed by atoms with E-state index in [1.807, 2.05) is 12.2 Å². The van der Waals surface area contributed by atoms with Crippen LogP contribution < -0.4 is 9.13 Å². The predicted molar refractivity (Wildman–Crippen MR) is 179 cm³/mol. The summed E-state index contributed by atoms with van der Waals surface area (Å²) in [4.78, 5) is 0. The molecular formula is C36H48N2O2S2+2. The van der Waals surface area contributed by atoms with E-state index in [1.54, 1.807) is 22.7 Å². The molecule has 2 aromatic carbocycles. The summed E-state index contributed by atoms with van der Waals surface area (Å²) in [6.07, 6.45) is 17.7. The Balaban J connectivity index is 1.34. The van der Waals surface area contributed by atoms with Crippen molar-refractivity contribution in [3.63, 3.8) is 0 Å². The van der Waals surface area contributed by atoms with Gasteiger partial charge in [0.15, 0.2) is 13.1 Å². The molecule has 224 valence electrons. The number of benzene rings is 2. The van der Waals surface area contributed by atoms with Crippen LogP contribution in [0.2, 0.25) is 0 Å². The minimum atomic E-state index is -0.750. The maximum absolute atomic E-state index is 11.3. The molecule has 0 amide bonds. The molecule has 0 aliphatic heterocycles. The molecule has 0 bridgehead atoms. The summed E-state index contributed by atoms with van der Waals surface area (Å²) < 4.78 is 7.26. The Bertz CT molecular complexity index is 1390. The number of thiazole rings is 2. The summed E-state index contributed by atoms with van der Waals surface area (Å²) in [5.41, 5.74) is 3.88. The topological polar surface area (TPSA) is 48.2 Å². The standard InChI is InChI=1S/C36H48N2O2S2/c1-3-5-7-9-11-17-23-37-29-19-13-15-21-31(29)41-33(37)25-27-35(39)28(36(27)40)26-34-38(24-18-12-10-8-6-4-2)30-20-14-16-22-32(30)42-34/h13-16,19-22,25-26,35-36,39-40H,3-12,17-18,23-24H2,1-2H3/q+2. The minimum absolute atomic E-state index is 0.702. The molecule has 0 unspecified atom stereocenters. The van der Waals surface area contributed by atoms with Gasteiger partial charge in [0.2, 0.25) is 11.0 Å². The van der Waals surface area contributed by atoms with E-state index < -0.39 is 12.2 Å². The van der Waals surface area contributed by atoms with Crippen molar-refractivity contribution in [1.29, 1.82) is 0 Å². The van der Waals surface area contributed by atoms with Crippen molar-refractivity contribution in [3.8, 4) is 0 Å². The fraction of sp³-hybridized carbons (Fsp3) is 0.500. The quantitative estimate of drug-likeness (QED) is 0.0994. The summed E-state index contributed by atoms with van der Waals surface area (Å²) in [7, 11) is 0. The van der Waals surface area contributed by atoms with Crippen molar-refractivity contribution < 1.29 is 19.3 Å². The van der Waals surface area contributed by atoms with E-state index in [4.69, 9.17) is 0 Å². The molecule has 1 aliphatic carbocycles. The molecule has 4 nitrogen and oxygen atoms in total. The molecular weight excluding hydrogens is 557 g/mol. The molecule has 2 aromatic heterocycles. The number of aliphatic hydroxyl groups is 2. The van der Waals surface area contributed by atoms with Crippen LogP contribution >= 0.6 is 22.7 Å². The van der Waals surface area contributed by atoms with Gasteiger partial charge in [-0.15, -0.1) is 0 Å². The van der Waals surface area contributed by atoms with Gasteiger partial charge in [0.1, 0.15) is 21.6 Å². The average molecular weight is 605 g/mol. The molecule has 6 heteroatoms. The Hall–Kier alpha value is -2.38. The number of para-hydroxylation sites is 2. The number of nitrogens with zero attached hydrogens (tertiary/aromatic N) is 2. The SMILES string of the molecule is CCCCCCCC[n+]1c(C=C2C(O)C(=Cc3sc4ccccc4[n+]3CCCCCCCC)C2O)sc2ccccc21. The second kappa shape index (κ2) is 15.4. The van der Waals surface area contributed by atoms with Gasteiger partial charge < -0.3 is 10.2 Å². The molecule has 5 rings (SSSR count). The van der Waals surface area contributed by atoms with Crippen LogP contribution in [0.3, 0.4) is 0 Å². The largest absolute Gasteiger partial charge is 0.384 e. The maximum Gasteiger partial charge on any atom is 0.262 e.